The van der Waals surface area contributed by atoms with Crippen molar-refractivity contribution in [1.29, 1.82) is 0 Å². The van der Waals surface area contributed by atoms with Crippen LogP contribution >= 0.6 is 0 Å². The van der Waals surface area contributed by atoms with E-state index in [0.29, 0.717) is 12.5 Å². The minimum atomic E-state index is -1.54. The number of aromatic amines is 1. The molecular formula is C14H12N2O4. The number of carboxylic acids is 1. The summed E-state index contributed by atoms with van der Waals surface area (Å²) >= 11 is 0. The largest absolute Gasteiger partial charge is 0.502 e. The van der Waals surface area contributed by atoms with Gasteiger partial charge in [0.2, 0.25) is 11.5 Å². The number of aliphatic carboxylic acids is 1. The summed E-state index contributed by atoms with van der Waals surface area (Å²) in [4.78, 5) is 29.0. The molecule has 0 saturated heterocycles. The van der Waals surface area contributed by atoms with Crippen molar-refractivity contribution in [3.8, 4) is 0 Å². The summed E-state index contributed by atoms with van der Waals surface area (Å²) in [5.74, 6) is -3.11. The van der Waals surface area contributed by atoms with Crippen LogP contribution in [0.5, 0.6) is 0 Å². The van der Waals surface area contributed by atoms with Gasteiger partial charge in [0.15, 0.2) is 0 Å². The van der Waals surface area contributed by atoms with E-state index in [-0.39, 0.29) is 5.69 Å². The molecule has 0 aromatic carbocycles. The third kappa shape index (κ3) is 3.11. The van der Waals surface area contributed by atoms with E-state index < -0.39 is 17.5 Å². The topological polar surface area (TPSA) is 103 Å². The van der Waals surface area contributed by atoms with E-state index in [1.807, 2.05) is 12.1 Å². The molecule has 0 bridgehead atoms. The normalized spacial score (nSPS) is 11.3. The van der Waals surface area contributed by atoms with Crippen molar-refractivity contribution in [2.24, 2.45) is 0 Å². The van der Waals surface area contributed by atoms with Gasteiger partial charge in [-0.1, -0.05) is 0 Å². The lowest BCUT2D eigenvalue weighted by Gasteiger charge is -2.02. The molecule has 0 spiro atoms. The zero-order valence-electron chi connectivity index (χ0n) is 10.4. The first kappa shape index (κ1) is 13.5. The Labute approximate surface area is 114 Å². The fraction of sp³-hybridized carbons (Fsp3) is 0.0714. The molecule has 2 aromatic heterocycles. The minimum Gasteiger partial charge on any atom is -0.502 e. The third-order valence-electron chi connectivity index (χ3n) is 2.71. The fourth-order valence-electron chi connectivity index (χ4n) is 1.76. The van der Waals surface area contributed by atoms with Gasteiger partial charge in [-0.25, -0.2) is 4.79 Å². The number of ketones is 1. The van der Waals surface area contributed by atoms with Crippen molar-refractivity contribution in [1.82, 2.24) is 9.97 Å². The summed E-state index contributed by atoms with van der Waals surface area (Å²) < 4.78 is 0. The van der Waals surface area contributed by atoms with Crippen LogP contribution in [0.2, 0.25) is 0 Å². The highest BCUT2D eigenvalue weighted by Gasteiger charge is 2.14. The zero-order chi connectivity index (χ0) is 14.5. The zero-order valence-corrected chi connectivity index (χ0v) is 10.4. The fourth-order valence-corrected chi connectivity index (χ4v) is 1.76. The second-order valence-corrected chi connectivity index (χ2v) is 4.11. The number of H-pyrrole nitrogens is 1. The van der Waals surface area contributed by atoms with Crippen LogP contribution < -0.4 is 0 Å². The van der Waals surface area contributed by atoms with Crippen molar-refractivity contribution in [3.63, 3.8) is 0 Å². The molecule has 6 heteroatoms. The van der Waals surface area contributed by atoms with Gasteiger partial charge in [-0.3, -0.25) is 9.78 Å². The maximum atomic E-state index is 11.9. The van der Waals surface area contributed by atoms with Gasteiger partial charge in [0.05, 0.1) is 5.69 Å². The molecule has 6 nitrogen and oxygen atoms in total. The Morgan fingerprint density at radius 2 is 1.90 bits per heavy atom. The molecule has 0 aliphatic carbocycles. The van der Waals surface area contributed by atoms with Gasteiger partial charge in [-0.15, -0.1) is 0 Å². The van der Waals surface area contributed by atoms with Crippen LogP contribution in [0.15, 0.2) is 48.6 Å². The van der Waals surface area contributed by atoms with E-state index in [2.05, 4.69) is 9.97 Å². The Kier molecular flexibility index (Phi) is 3.95. The summed E-state index contributed by atoms with van der Waals surface area (Å²) in [6.07, 6.45) is 6.09. The molecule has 0 atom stereocenters. The maximum Gasteiger partial charge on any atom is 0.371 e. The number of rotatable bonds is 5. The van der Waals surface area contributed by atoms with Gasteiger partial charge in [-0.2, -0.15) is 0 Å². The highest BCUT2D eigenvalue weighted by molar-refractivity contribution is 6.07. The number of carbonyl (C=O) groups is 2. The Hall–Kier alpha value is -2.89. The number of aromatic nitrogens is 2. The highest BCUT2D eigenvalue weighted by atomic mass is 16.4. The van der Waals surface area contributed by atoms with Gasteiger partial charge in [-0.05, 0) is 35.7 Å². The second kappa shape index (κ2) is 5.83. The van der Waals surface area contributed by atoms with Crippen LogP contribution in [0.25, 0.3) is 0 Å². The number of allylic oxidation sites excluding steroid dienone is 1. The van der Waals surface area contributed by atoms with Gasteiger partial charge in [0.25, 0.3) is 0 Å². The van der Waals surface area contributed by atoms with E-state index in [0.717, 1.165) is 11.1 Å². The Morgan fingerprint density at radius 3 is 2.55 bits per heavy atom. The predicted molar refractivity (Wildman–Crippen MR) is 70.5 cm³/mol. The number of carbonyl (C=O) groups excluding carboxylic acids is 1. The van der Waals surface area contributed by atoms with Crippen LogP contribution in [0.1, 0.15) is 21.6 Å². The SMILES string of the molecule is O=C(O)/C(O)=C/C(=O)c1[nH]ccc1Cc1ccncc1. The molecule has 20 heavy (non-hydrogen) atoms. The lowest BCUT2D eigenvalue weighted by molar-refractivity contribution is -0.135. The van der Waals surface area contributed by atoms with Crippen LogP contribution in [0, 0.1) is 0 Å². The van der Waals surface area contributed by atoms with E-state index in [4.69, 9.17) is 10.2 Å². The van der Waals surface area contributed by atoms with Crippen LogP contribution in [0.4, 0.5) is 0 Å². The van der Waals surface area contributed by atoms with Crippen molar-refractivity contribution in [2.45, 2.75) is 6.42 Å². The van der Waals surface area contributed by atoms with Crippen molar-refractivity contribution >= 4 is 11.8 Å². The summed E-state index contributed by atoms with van der Waals surface area (Å²) in [5, 5.41) is 17.6. The standard InChI is InChI=1S/C14H12N2O4/c17-11(8-12(18)14(19)20)13-10(3-6-16-13)7-9-1-4-15-5-2-9/h1-6,8,16,18H,7H2,(H,19,20)/b12-8-. The average molecular weight is 272 g/mol. The molecule has 2 rings (SSSR count). The monoisotopic (exact) mass is 272 g/mol. The van der Waals surface area contributed by atoms with Crippen LogP contribution in [-0.4, -0.2) is 31.9 Å². The van der Waals surface area contributed by atoms with Crippen LogP contribution in [-0.2, 0) is 11.2 Å². The molecule has 0 fully saturated rings. The second-order valence-electron chi connectivity index (χ2n) is 4.11. The van der Waals surface area contributed by atoms with Crippen LogP contribution in [0.3, 0.4) is 0 Å². The molecule has 3 N–H and O–H groups in total. The molecule has 0 aliphatic heterocycles. The molecular weight excluding hydrogens is 260 g/mol. The lowest BCUT2D eigenvalue weighted by Crippen LogP contribution is -2.06. The number of carboxylic acid groups (broad SMARTS) is 1. The lowest BCUT2D eigenvalue weighted by atomic mass is 10.0. The molecule has 0 amide bonds. The quantitative estimate of drug-likeness (QED) is 0.436. The molecule has 0 radical (unpaired) electrons. The van der Waals surface area contributed by atoms with Crippen molar-refractivity contribution in [2.75, 3.05) is 0 Å². The van der Waals surface area contributed by atoms with Gasteiger partial charge in [0, 0.05) is 24.7 Å². The van der Waals surface area contributed by atoms with Gasteiger partial charge >= 0.3 is 5.97 Å². The highest BCUT2D eigenvalue weighted by Crippen LogP contribution is 2.14. The molecule has 0 aliphatic rings. The van der Waals surface area contributed by atoms with E-state index in [1.165, 1.54) is 0 Å². The summed E-state index contributed by atoms with van der Waals surface area (Å²) in [6.45, 7) is 0. The number of nitrogens with one attached hydrogen (secondary N) is 1. The predicted octanol–water partition coefficient (Wildman–Crippen LogP) is 1.71. The molecule has 102 valence electrons. The molecule has 0 saturated carbocycles. The first-order valence-corrected chi connectivity index (χ1v) is 5.81. The number of hydrogen-bond acceptors (Lipinski definition) is 4. The van der Waals surface area contributed by atoms with E-state index in [9.17, 15) is 9.59 Å². The first-order chi connectivity index (χ1) is 9.58. The minimum absolute atomic E-state index is 0.259. The number of nitrogens with zero attached hydrogens (tertiary/aromatic N) is 1. The Morgan fingerprint density at radius 1 is 1.20 bits per heavy atom. The number of hydrogen-bond donors (Lipinski definition) is 3. The van der Waals surface area contributed by atoms with Gasteiger partial charge < -0.3 is 15.2 Å². The third-order valence-corrected chi connectivity index (χ3v) is 2.71. The first-order valence-electron chi connectivity index (χ1n) is 5.81. The van der Waals surface area contributed by atoms with Crippen molar-refractivity contribution < 1.29 is 19.8 Å². The Bertz CT molecular complexity index is 659. The number of pyridine rings is 1. The number of aliphatic hydroxyl groups is 1. The molecule has 0 unspecified atom stereocenters. The maximum absolute atomic E-state index is 11.9. The average Bonchev–Trinajstić information content (AvgIpc) is 2.88. The molecule has 2 heterocycles. The Balaban J connectivity index is 2.23. The summed E-state index contributed by atoms with van der Waals surface area (Å²) in [7, 11) is 0. The smallest absolute Gasteiger partial charge is 0.371 e. The van der Waals surface area contributed by atoms with E-state index in [1.54, 1.807) is 24.7 Å². The number of aliphatic hydroxyl groups excluding tert-OH is 1. The molecule has 2 aromatic rings. The summed E-state index contributed by atoms with van der Waals surface area (Å²) in [5.41, 5.74) is 1.95. The van der Waals surface area contributed by atoms with Crippen molar-refractivity contribution in [3.05, 3.63) is 65.4 Å². The summed E-state index contributed by atoms with van der Waals surface area (Å²) in [6, 6.07) is 5.39. The van der Waals surface area contributed by atoms with E-state index >= 15 is 0 Å². The van der Waals surface area contributed by atoms with Gasteiger partial charge in [0.1, 0.15) is 0 Å².